The van der Waals surface area contributed by atoms with Crippen LogP contribution < -0.4 is 0 Å². The molecule has 1 heteroatoms. The van der Waals surface area contributed by atoms with Gasteiger partial charge in [-0.2, -0.15) is 0 Å². The first-order chi connectivity index (χ1) is 2.41. The van der Waals surface area contributed by atoms with E-state index in [9.17, 15) is 0 Å². The van der Waals surface area contributed by atoms with E-state index in [2.05, 4.69) is 13.8 Å². The quantitative estimate of drug-likeness (QED) is 0.527. The summed E-state index contributed by atoms with van der Waals surface area (Å²) in [4.78, 5) is 0. The molecule has 0 N–H and O–H groups in total. The van der Waals surface area contributed by atoms with Gasteiger partial charge < -0.3 is 14.9 Å². The molecule has 0 saturated heterocycles. The van der Waals surface area contributed by atoms with Crippen molar-refractivity contribution < 1.29 is 34.1 Å². The molecule has 0 atom stereocenters. The zero-order valence-electron chi connectivity index (χ0n) is 7.28. The minimum absolute atomic E-state index is 0. The fourth-order valence-electron chi connectivity index (χ4n) is 0. The largest absolute Gasteiger partial charge is 0.358 e. The van der Waals surface area contributed by atoms with Crippen molar-refractivity contribution in [3.63, 3.8) is 0 Å². The van der Waals surface area contributed by atoms with Crippen LogP contribution >= 0.6 is 0 Å². The van der Waals surface area contributed by atoms with Crippen molar-refractivity contribution in [1.82, 2.24) is 0 Å². The van der Waals surface area contributed by atoms with Crippen LogP contribution in [0.3, 0.4) is 0 Å². The minimum atomic E-state index is 0. The molecule has 0 aliphatic rings. The molecular formula is C8H26Y-2. The van der Waals surface area contributed by atoms with Gasteiger partial charge in [-0.3, -0.25) is 0 Å². The Morgan fingerprint density at radius 2 is 1.00 bits per heavy atom. The summed E-state index contributed by atoms with van der Waals surface area (Å²) < 4.78 is 0. The van der Waals surface area contributed by atoms with E-state index in [0.717, 1.165) is 0 Å². The zero-order chi connectivity index (χ0) is 4.71. The second-order valence-electron chi connectivity index (χ2n) is 0.707. The topological polar surface area (TPSA) is 0 Å². The SMILES string of the molecule is C.CC.CCC.[2HH].[CH3-].[CH3-].[Y]. The van der Waals surface area contributed by atoms with Gasteiger partial charge in [-0.15, -0.1) is 0 Å². The molecular weight excluding hydrogens is 185 g/mol. The van der Waals surface area contributed by atoms with Crippen LogP contribution in [0.4, 0.5) is 0 Å². The number of rotatable bonds is 0. The second-order valence-corrected chi connectivity index (χ2v) is 0.707. The predicted molar refractivity (Wildman–Crippen MR) is 49.0 cm³/mol. The van der Waals surface area contributed by atoms with Crippen molar-refractivity contribution >= 4 is 0 Å². The Kier molecular flexibility index (Phi) is 746. The fourth-order valence-corrected chi connectivity index (χ4v) is 0. The van der Waals surface area contributed by atoms with Gasteiger partial charge in [0, 0.05) is 34.1 Å². The van der Waals surface area contributed by atoms with Crippen LogP contribution in [0.15, 0.2) is 0 Å². The third-order valence-corrected chi connectivity index (χ3v) is 0. The molecule has 0 amide bonds. The molecule has 0 aliphatic carbocycles. The van der Waals surface area contributed by atoms with Gasteiger partial charge in [-0.05, 0) is 0 Å². The van der Waals surface area contributed by atoms with Gasteiger partial charge in [0.05, 0.1) is 0 Å². The number of hydrogen-bond acceptors (Lipinski definition) is 0. The average Bonchev–Trinajstić information content (AvgIpc) is 1.46. The molecule has 63 valence electrons. The predicted octanol–water partition coefficient (Wildman–Crippen LogP) is 4.22. The fraction of sp³-hybridized carbons (Fsp3) is 0.750. The Morgan fingerprint density at radius 3 is 1.00 bits per heavy atom. The van der Waals surface area contributed by atoms with E-state index in [1.807, 2.05) is 13.8 Å². The van der Waals surface area contributed by atoms with Crippen LogP contribution in [0, 0.1) is 14.9 Å². The average molecular weight is 212 g/mol. The standard InChI is InChI=1S/C3H8.C2H6.CH4.2CH3.Y.H2/c1-3-2;1-2;;;;;/h3H2,1-2H3;1-2H3;1H4;2*1H3;;1H/q;;;2*-1;;/i;;;;;;1+1. The van der Waals surface area contributed by atoms with Gasteiger partial charge in [-0.1, -0.05) is 41.5 Å². The Bertz CT molecular complexity index is 9.22. The zero-order valence-corrected chi connectivity index (χ0v) is 10.1. The van der Waals surface area contributed by atoms with Gasteiger partial charge in [0.15, 0.2) is 0 Å². The van der Waals surface area contributed by atoms with Crippen molar-refractivity contribution in [2.45, 2.75) is 41.5 Å². The van der Waals surface area contributed by atoms with Gasteiger partial charge in [-0.25, -0.2) is 0 Å². The van der Waals surface area contributed by atoms with E-state index in [1.165, 1.54) is 6.42 Å². The third kappa shape index (κ3) is 377. The van der Waals surface area contributed by atoms with E-state index in [1.54, 1.807) is 0 Å². The van der Waals surface area contributed by atoms with Crippen molar-refractivity contribution in [3.05, 3.63) is 14.9 Å². The summed E-state index contributed by atoms with van der Waals surface area (Å²) >= 11 is 0. The van der Waals surface area contributed by atoms with Crippen LogP contribution in [0.5, 0.6) is 0 Å². The Hall–Kier alpha value is 1.10. The van der Waals surface area contributed by atoms with Crippen LogP contribution in [-0.2, 0) is 32.7 Å². The molecule has 0 aromatic heterocycles. The second kappa shape index (κ2) is 135. The van der Waals surface area contributed by atoms with E-state index in [0.29, 0.717) is 0 Å². The monoisotopic (exact) mass is 212 g/mol. The molecule has 0 rings (SSSR count). The van der Waals surface area contributed by atoms with Crippen molar-refractivity contribution in [1.29, 1.82) is 0 Å². The molecule has 0 spiro atoms. The van der Waals surface area contributed by atoms with Gasteiger partial charge in [0.25, 0.3) is 0 Å². The molecule has 0 bridgehead atoms. The smallest absolute Gasteiger partial charge is 0 e. The maximum atomic E-state index is 2.12. The third-order valence-electron chi connectivity index (χ3n) is 0. The number of hydrogen-bond donors (Lipinski definition) is 0. The summed E-state index contributed by atoms with van der Waals surface area (Å²) in [6.07, 6.45) is 1.25. The first kappa shape index (κ1) is 49.7. The van der Waals surface area contributed by atoms with Crippen molar-refractivity contribution in [3.8, 4) is 0 Å². The van der Waals surface area contributed by atoms with Crippen LogP contribution in [-0.4, -0.2) is 0 Å². The van der Waals surface area contributed by atoms with E-state index in [-0.39, 0.29) is 56.4 Å². The van der Waals surface area contributed by atoms with Gasteiger partial charge in [0.1, 0.15) is 0 Å². The van der Waals surface area contributed by atoms with E-state index in [4.69, 9.17) is 0 Å². The minimum Gasteiger partial charge on any atom is -0.358 e. The molecule has 0 fully saturated rings. The first-order valence-electron chi connectivity index (χ1n) is 2.41. The van der Waals surface area contributed by atoms with Crippen LogP contribution in [0.1, 0.15) is 43.0 Å². The Morgan fingerprint density at radius 1 is 1.00 bits per heavy atom. The maximum absolute atomic E-state index is 2.12. The van der Waals surface area contributed by atoms with E-state index < -0.39 is 0 Å². The molecule has 0 aliphatic heterocycles. The molecule has 0 unspecified atom stereocenters. The molecule has 0 aromatic rings. The van der Waals surface area contributed by atoms with Gasteiger partial charge >= 0.3 is 0 Å². The molecule has 0 saturated carbocycles. The first-order valence-corrected chi connectivity index (χ1v) is 2.41. The summed E-state index contributed by atoms with van der Waals surface area (Å²) in [5.41, 5.74) is 0. The summed E-state index contributed by atoms with van der Waals surface area (Å²) in [5.74, 6) is 0. The van der Waals surface area contributed by atoms with Crippen LogP contribution in [0.2, 0.25) is 0 Å². The summed E-state index contributed by atoms with van der Waals surface area (Å²) in [7, 11) is 0. The molecule has 0 aromatic carbocycles. The summed E-state index contributed by atoms with van der Waals surface area (Å²) in [6.45, 7) is 8.25. The Labute approximate surface area is 90.2 Å². The van der Waals surface area contributed by atoms with Crippen molar-refractivity contribution in [2.75, 3.05) is 0 Å². The summed E-state index contributed by atoms with van der Waals surface area (Å²) in [5, 5.41) is 0. The van der Waals surface area contributed by atoms with Gasteiger partial charge in [0.2, 0.25) is 0 Å². The molecule has 1 radical (unpaired) electrons. The van der Waals surface area contributed by atoms with Crippen LogP contribution in [0.25, 0.3) is 0 Å². The molecule has 9 heavy (non-hydrogen) atoms. The van der Waals surface area contributed by atoms with E-state index >= 15 is 0 Å². The maximum Gasteiger partial charge on any atom is 0 e. The normalized spacial score (nSPS) is 2.67. The Balaban J connectivity index is -0.00000000246. The summed E-state index contributed by atoms with van der Waals surface area (Å²) in [6, 6.07) is 0. The molecule has 0 heterocycles. The molecule has 0 nitrogen and oxygen atoms in total. The van der Waals surface area contributed by atoms with Crippen molar-refractivity contribution in [2.24, 2.45) is 0 Å².